The number of rotatable bonds is 3. The molecule has 0 fully saturated rings. The summed E-state index contributed by atoms with van der Waals surface area (Å²) in [5.74, 6) is 2.97. The van der Waals surface area contributed by atoms with Crippen LogP contribution in [-0.2, 0) is 19.4 Å². The fourth-order valence-electron chi connectivity index (χ4n) is 3.32. The Morgan fingerprint density at radius 2 is 1.96 bits per heavy atom. The molecule has 1 aliphatic heterocycles. The van der Waals surface area contributed by atoms with Crippen LogP contribution in [0, 0.1) is 11.2 Å². The van der Waals surface area contributed by atoms with Gasteiger partial charge in [-0.2, -0.15) is 4.98 Å². The summed E-state index contributed by atoms with van der Waals surface area (Å²) in [6.45, 7) is 7.47. The van der Waals surface area contributed by atoms with Crippen LogP contribution in [-0.4, -0.2) is 24.9 Å². The van der Waals surface area contributed by atoms with Crippen LogP contribution < -0.4 is 0 Å². The molecule has 1 atom stereocenters. The number of hydrogen-bond donors (Lipinski definition) is 0. The van der Waals surface area contributed by atoms with Crippen LogP contribution in [0.5, 0.6) is 0 Å². The molecule has 1 unspecified atom stereocenters. The van der Waals surface area contributed by atoms with Crippen molar-refractivity contribution in [2.75, 3.05) is 0 Å². The second-order valence-electron chi connectivity index (χ2n) is 8.07. The van der Waals surface area contributed by atoms with Gasteiger partial charge < -0.3 is 9.09 Å². The molecule has 0 aliphatic carbocycles. The molecular weight excluding hydrogens is 333 g/mol. The molecule has 0 bridgehead atoms. The van der Waals surface area contributed by atoms with Gasteiger partial charge in [-0.1, -0.05) is 25.9 Å². The average Bonchev–Trinajstić information content (AvgIpc) is 3.21. The van der Waals surface area contributed by atoms with E-state index in [9.17, 15) is 4.39 Å². The summed E-state index contributed by atoms with van der Waals surface area (Å²) in [5.41, 5.74) is 0.921. The largest absolute Gasteiger partial charge is 0.339 e. The highest BCUT2D eigenvalue weighted by Crippen LogP contribution is 2.31. The van der Waals surface area contributed by atoms with E-state index >= 15 is 0 Å². The predicted octanol–water partition coefficient (Wildman–Crippen LogP) is 3.79. The Balaban J connectivity index is 1.52. The van der Waals surface area contributed by atoms with Crippen molar-refractivity contribution < 1.29 is 8.91 Å². The van der Waals surface area contributed by atoms with E-state index in [2.05, 4.69) is 45.7 Å². The minimum atomic E-state index is -0.282. The Morgan fingerprint density at radius 1 is 1.19 bits per heavy atom. The number of fused-ring (bicyclic) bond motifs is 1. The third kappa shape index (κ3) is 3.38. The van der Waals surface area contributed by atoms with Gasteiger partial charge in [0.1, 0.15) is 17.5 Å². The molecule has 2 aromatic heterocycles. The minimum Gasteiger partial charge on any atom is -0.339 e. The predicted molar refractivity (Wildman–Crippen MR) is 93.9 cm³/mol. The molecule has 0 N–H and O–H groups in total. The fourth-order valence-corrected chi connectivity index (χ4v) is 3.32. The molecule has 0 spiro atoms. The van der Waals surface area contributed by atoms with E-state index in [4.69, 9.17) is 4.52 Å². The van der Waals surface area contributed by atoms with Crippen LogP contribution in [0.1, 0.15) is 50.6 Å². The monoisotopic (exact) mass is 355 g/mol. The number of hydrogen-bond acceptors (Lipinski definition) is 5. The number of halogens is 1. The lowest BCUT2D eigenvalue weighted by Crippen LogP contribution is -2.22. The van der Waals surface area contributed by atoms with Crippen molar-refractivity contribution in [1.29, 1.82) is 0 Å². The van der Waals surface area contributed by atoms with Crippen molar-refractivity contribution in [2.24, 2.45) is 5.41 Å². The molecular formula is C19H22FN5O. The number of aromatic nitrogens is 5. The van der Waals surface area contributed by atoms with Crippen molar-refractivity contribution in [1.82, 2.24) is 24.9 Å². The Hall–Kier alpha value is -2.57. The molecule has 26 heavy (non-hydrogen) atoms. The first kappa shape index (κ1) is 16.9. The van der Waals surface area contributed by atoms with Crippen molar-refractivity contribution >= 4 is 0 Å². The summed E-state index contributed by atoms with van der Waals surface area (Å²) in [6.07, 6.45) is 2.55. The summed E-state index contributed by atoms with van der Waals surface area (Å²) in [7, 11) is 0. The van der Waals surface area contributed by atoms with Gasteiger partial charge in [0.15, 0.2) is 0 Å². The highest BCUT2D eigenvalue weighted by atomic mass is 19.1. The van der Waals surface area contributed by atoms with Crippen LogP contribution in [0.15, 0.2) is 28.8 Å². The number of nitrogens with zero attached hydrogens (tertiary/aromatic N) is 5. The van der Waals surface area contributed by atoms with Gasteiger partial charge in [0, 0.05) is 30.9 Å². The van der Waals surface area contributed by atoms with Crippen molar-refractivity contribution in [2.45, 2.75) is 52.5 Å². The first-order valence-electron chi connectivity index (χ1n) is 8.89. The smallest absolute Gasteiger partial charge is 0.230 e. The van der Waals surface area contributed by atoms with Crippen molar-refractivity contribution in [3.05, 3.63) is 47.6 Å². The first-order valence-corrected chi connectivity index (χ1v) is 8.89. The molecule has 0 saturated carbocycles. The average molecular weight is 355 g/mol. The third-order valence-electron chi connectivity index (χ3n) is 4.62. The van der Waals surface area contributed by atoms with E-state index in [1.54, 1.807) is 12.1 Å². The van der Waals surface area contributed by atoms with E-state index in [1.165, 1.54) is 12.1 Å². The van der Waals surface area contributed by atoms with E-state index in [1.807, 2.05) is 0 Å². The van der Waals surface area contributed by atoms with Crippen molar-refractivity contribution in [3.8, 4) is 11.4 Å². The second-order valence-corrected chi connectivity index (χ2v) is 8.07. The summed E-state index contributed by atoms with van der Waals surface area (Å²) in [4.78, 5) is 4.52. The molecule has 136 valence electrons. The van der Waals surface area contributed by atoms with Crippen LogP contribution in [0.2, 0.25) is 0 Å². The maximum Gasteiger partial charge on any atom is 0.230 e. The lowest BCUT2D eigenvalue weighted by molar-refractivity contribution is 0.318. The Morgan fingerprint density at radius 3 is 2.69 bits per heavy atom. The van der Waals surface area contributed by atoms with Gasteiger partial charge in [0.2, 0.25) is 11.7 Å². The highest BCUT2D eigenvalue weighted by molar-refractivity contribution is 5.53. The summed E-state index contributed by atoms with van der Waals surface area (Å²) >= 11 is 0. The maximum atomic E-state index is 13.1. The van der Waals surface area contributed by atoms with Crippen LogP contribution >= 0.6 is 0 Å². The molecule has 1 aromatic carbocycles. The lowest BCUT2D eigenvalue weighted by atomic mass is 9.91. The SMILES string of the molecule is CC(C)(C)Cc1nnc2n1CCC(c1nc(-c3ccc(F)cc3)no1)C2. The second kappa shape index (κ2) is 6.30. The summed E-state index contributed by atoms with van der Waals surface area (Å²) in [6, 6.07) is 6.09. The zero-order valence-electron chi connectivity index (χ0n) is 15.2. The van der Waals surface area contributed by atoms with Gasteiger partial charge in [0.05, 0.1) is 0 Å². The van der Waals surface area contributed by atoms with Crippen LogP contribution in [0.3, 0.4) is 0 Å². The molecule has 0 amide bonds. The lowest BCUT2D eigenvalue weighted by Gasteiger charge is -2.23. The zero-order chi connectivity index (χ0) is 18.3. The Labute approximate surface area is 151 Å². The zero-order valence-corrected chi connectivity index (χ0v) is 15.2. The molecule has 0 saturated heterocycles. The van der Waals surface area contributed by atoms with Crippen LogP contribution in [0.4, 0.5) is 4.39 Å². The minimum absolute atomic E-state index is 0.135. The van der Waals surface area contributed by atoms with Gasteiger partial charge in [-0.15, -0.1) is 10.2 Å². The van der Waals surface area contributed by atoms with Gasteiger partial charge in [0.25, 0.3) is 0 Å². The van der Waals surface area contributed by atoms with Gasteiger partial charge in [-0.25, -0.2) is 4.39 Å². The van der Waals surface area contributed by atoms with Gasteiger partial charge >= 0.3 is 0 Å². The van der Waals surface area contributed by atoms with E-state index in [0.717, 1.165) is 43.0 Å². The molecule has 3 heterocycles. The normalized spacial score (nSPS) is 17.3. The standard InChI is InChI=1S/C19H22FN5O/c1-19(2,3)11-16-23-22-15-10-13(8-9-25(15)16)18-21-17(24-26-18)12-4-6-14(20)7-5-12/h4-7,13H,8-11H2,1-3H3. The molecule has 7 heteroatoms. The maximum absolute atomic E-state index is 13.1. The van der Waals surface area contributed by atoms with Gasteiger partial charge in [-0.3, -0.25) is 0 Å². The fraction of sp³-hybridized carbons (Fsp3) is 0.474. The molecule has 3 aromatic rings. The third-order valence-corrected chi connectivity index (χ3v) is 4.62. The molecule has 6 nitrogen and oxygen atoms in total. The van der Waals surface area contributed by atoms with E-state index in [-0.39, 0.29) is 17.2 Å². The molecule has 0 radical (unpaired) electrons. The highest BCUT2D eigenvalue weighted by Gasteiger charge is 2.29. The van der Waals surface area contributed by atoms with Crippen molar-refractivity contribution in [3.63, 3.8) is 0 Å². The topological polar surface area (TPSA) is 69.6 Å². The first-order chi connectivity index (χ1) is 12.4. The van der Waals surface area contributed by atoms with E-state index < -0.39 is 0 Å². The number of benzene rings is 1. The van der Waals surface area contributed by atoms with Gasteiger partial charge in [-0.05, 0) is 36.1 Å². The molecule has 1 aliphatic rings. The summed E-state index contributed by atoms with van der Waals surface area (Å²) in [5, 5.41) is 12.8. The quantitative estimate of drug-likeness (QED) is 0.715. The summed E-state index contributed by atoms with van der Waals surface area (Å²) < 4.78 is 20.8. The molecule has 4 rings (SSSR count). The van der Waals surface area contributed by atoms with E-state index in [0.29, 0.717) is 11.7 Å². The Bertz CT molecular complexity index is 907. The van der Waals surface area contributed by atoms with Crippen LogP contribution in [0.25, 0.3) is 11.4 Å². The Kier molecular flexibility index (Phi) is 4.09.